The Kier molecular flexibility index (Phi) is 7.21. The van der Waals surface area contributed by atoms with Gasteiger partial charge in [-0.05, 0) is 0 Å². The van der Waals surface area contributed by atoms with Crippen LogP contribution < -0.4 is 27.4 Å². The lowest BCUT2D eigenvalue weighted by Gasteiger charge is -2.08. The van der Waals surface area contributed by atoms with Gasteiger partial charge in [-0.3, -0.25) is 11.1 Å². The Labute approximate surface area is 76.8 Å². The molecule has 0 heterocycles. The standard InChI is InChI=1S/C6H17N5O2/c7-5(12)10-3-1-9-2-4-11-6(8)13/h5,9-10,12H,1-4,7H2,(H3,8,11,13). The Morgan fingerprint density at radius 3 is 2.46 bits per heavy atom. The Morgan fingerprint density at radius 2 is 1.92 bits per heavy atom. The van der Waals surface area contributed by atoms with Gasteiger partial charge in [-0.15, -0.1) is 0 Å². The van der Waals surface area contributed by atoms with Crippen LogP contribution in [0, 0.1) is 0 Å². The molecule has 0 aromatic carbocycles. The van der Waals surface area contributed by atoms with E-state index in [-0.39, 0.29) is 0 Å². The Bertz CT molecular complexity index is 141. The number of nitrogens with one attached hydrogen (secondary N) is 3. The van der Waals surface area contributed by atoms with Gasteiger partial charge in [0, 0.05) is 26.2 Å². The van der Waals surface area contributed by atoms with Crippen molar-refractivity contribution in [3.63, 3.8) is 0 Å². The minimum Gasteiger partial charge on any atom is -0.366 e. The molecular weight excluding hydrogens is 174 g/mol. The molecule has 0 saturated heterocycles. The summed E-state index contributed by atoms with van der Waals surface area (Å²) in [6.07, 6.45) is -0.981. The van der Waals surface area contributed by atoms with E-state index in [9.17, 15) is 4.79 Å². The number of aliphatic hydroxyl groups is 1. The predicted octanol–water partition coefficient (Wildman–Crippen LogP) is -2.93. The molecule has 0 aliphatic rings. The second kappa shape index (κ2) is 7.74. The Morgan fingerprint density at radius 1 is 1.31 bits per heavy atom. The molecule has 0 fully saturated rings. The van der Waals surface area contributed by atoms with E-state index >= 15 is 0 Å². The van der Waals surface area contributed by atoms with Crippen LogP contribution in [-0.2, 0) is 0 Å². The molecule has 2 amide bonds. The largest absolute Gasteiger partial charge is 0.366 e. The molecule has 0 aromatic heterocycles. The zero-order valence-corrected chi connectivity index (χ0v) is 7.42. The van der Waals surface area contributed by atoms with Crippen molar-refractivity contribution in [1.29, 1.82) is 0 Å². The van der Waals surface area contributed by atoms with Crippen molar-refractivity contribution in [2.24, 2.45) is 11.5 Å². The van der Waals surface area contributed by atoms with Gasteiger partial charge in [0.15, 0.2) is 6.35 Å². The van der Waals surface area contributed by atoms with Gasteiger partial charge in [-0.2, -0.15) is 0 Å². The molecule has 78 valence electrons. The molecule has 1 atom stereocenters. The van der Waals surface area contributed by atoms with Gasteiger partial charge in [0.05, 0.1) is 0 Å². The molecule has 0 radical (unpaired) electrons. The molecule has 0 aliphatic carbocycles. The van der Waals surface area contributed by atoms with Crippen LogP contribution in [0.5, 0.6) is 0 Å². The first-order valence-corrected chi connectivity index (χ1v) is 4.04. The summed E-state index contributed by atoms with van der Waals surface area (Å²) in [7, 11) is 0. The second-order valence-corrected chi connectivity index (χ2v) is 2.44. The molecule has 0 bridgehead atoms. The maximum absolute atomic E-state index is 10.2. The van der Waals surface area contributed by atoms with Crippen LogP contribution >= 0.6 is 0 Å². The summed E-state index contributed by atoms with van der Waals surface area (Å²) in [5.74, 6) is 0. The van der Waals surface area contributed by atoms with Crippen LogP contribution in [0.2, 0.25) is 0 Å². The van der Waals surface area contributed by atoms with Crippen LogP contribution in [0.1, 0.15) is 0 Å². The van der Waals surface area contributed by atoms with Crippen LogP contribution in [0.25, 0.3) is 0 Å². The zero-order valence-electron chi connectivity index (χ0n) is 7.42. The molecule has 13 heavy (non-hydrogen) atoms. The smallest absolute Gasteiger partial charge is 0.312 e. The first kappa shape index (κ1) is 12.1. The third kappa shape index (κ3) is 11.1. The third-order valence-electron chi connectivity index (χ3n) is 1.26. The van der Waals surface area contributed by atoms with E-state index in [1.54, 1.807) is 0 Å². The highest BCUT2D eigenvalue weighted by Crippen LogP contribution is 1.62. The number of urea groups is 1. The minimum absolute atomic E-state index is 0.487. The lowest BCUT2D eigenvalue weighted by molar-refractivity contribution is 0.145. The van der Waals surface area contributed by atoms with E-state index in [0.717, 1.165) is 0 Å². The van der Waals surface area contributed by atoms with Crippen LogP contribution in [0.3, 0.4) is 0 Å². The van der Waals surface area contributed by atoms with E-state index in [0.29, 0.717) is 26.2 Å². The van der Waals surface area contributed by atoms with Gasteiger partial charge in [0.1, 0.15) is 0 Å². The summed E-state index contributed by atoms with van der Waals surface area (Å²) in [5, 5.41) is 16.6. The van der Waals surface area contributed by atoms with E-state index in [4.69, 9.17) is 16.6 Å². The van der Waals surface area contributed by atoms with Crippen molar-refractivity contribution in [2.75, 3.05) is 26.2 Å². The highest BCUT2D eigenvalue weighted by atomic mass is 16.3. The number of rotatable bonds is 7. The second-order valence-electron chi connectivity index (χ2n) is 2.44. The molecule has 0 aliphatic heterocycles. The van der Waals surface area contributed by atoms with Crippen LogP contribution in [-0.4, -0.2) is 43.7 Å². The number of nitrogens with two attached hydrogens (primary N) is 2. The monoisotopic (exact) mass is 191 g/mol. The number of amides is 2. The molecule has 0 rings (SSSR count). The van der Waals surface area contributed by atoms with E-state index in [1.807, 2.05) is 0 Å². The highest BCUT2D eigenvalue weighted by Gasteiger charge is 1.93. The summed E-state index contributed by atoms with van der Waals surface area (Å²) in [6, 6.07) is -0.530. The predicted molar refractivity (Wildman–Crippen MR) is 48.7 cm³/mol. The molecule has 0 saturated carbocycles. The van der Waals surface area contributed by atoms with Gasteiger partial charge < -0.3 is 21.5 Å². The quantitative estimate of drug-likeness (QED) is 0.190. The molecular formula is C6H17N5O2. The number of primary amides is 1. The number of carbonyl (C=O) groups excluding carboxylic acids is 1. The molecule has 1 unspecified atom stereocenters. The lowest BCUT2D eigenvalue weighted by Crippen LogP contribution is -2.42. The van der Waals surface area contributed by atoms with Gasteiger partial charge in [-0.1, -0.05) is 0 Å². The SMILES string of the molecule is NC(=O)NCCNCCNC(N)O. The van der Waals surface area contributed by atoms with Crippen molar-refractivity contribution < 1.29 is 9.90 Å². The molecule has 7 heteroatoms. The average molecular weight is 191 g/mol. The Hall–Kier alpha value is -0.890. The summed E-state index contributed by atoms with van der Waals surface area (Å²) < 4.78 is 0. The first-order chi connectivity index (χ1) is 6.13. The van der Waals surface area contributed by atoms with Crippen molar-refractivity contribution in [3.05, 3.63) is 0 Å². The molecule has 0 aromatic rings. The first-order valence-electron chi connectivity index (χ1n) is 4.04. The van der Waals surface area contributed by atoms with Gasteiger partial charge >= 0.3 is 6.03 Å². The number of hydrogen-bond donors (Lipinski definition) is 6. The summed E-state index contributed by atoms with van der Waals surface area (Å²) in [4.78, 5) is 10.2. The minimum atomic E-state index is -0.981. The topological polar surface area (TPSA) is 125 Å². The normalized spacial score (nSPS) is 12.5. The van der Waals surface area contributed by atoms with Gasteiger partial charge in [0.2, 0.25) is 0 Å². The van der Waals surface area contributed by atoms with E-state index in [1.165, 1.54) is 0 Å². The van der Waals surface area contributed by atoms with Gasteiger partial charge in [-0.25, -0.2) is 4.79 Å². The maximum Gasteiger partial charge on any atom is 0.312 e. The summed E-state index contributed by atoms with van der Waals surface area (Å²) in [6.45, 7) is 2.34. The third-order valence-corrected chi connectivity index (χ3v) is 1.26. The number of hydrogen-bond acceptors (Lipinski definition) is 5. The highest BCUT2D eigenvalue weighted by molar-refractivity contribution is 5.71. The number of carbonyl (C=O) groups is 1. The fourth-order valence-corrected chi connectivity index (χ4v) is 0.708. The maximum atomic E-state index is 10.2. The van der Waals surface area contributed by atoms with Gasteiger partial charge in [0.25, 0.3) is 0 Å². The van der Waals surface area contributed by atoms with Crippen LogP contribution in [0.4, 0.5) is 4.79 Å². The van der Waals surface area contributed by atoms with Crippen LogP contribution in [0.15, 0.2) is 0 Å². The summed E-state index contributed by atoms with van der Waals surface area (Å²) in [5.41, 5.74) is 9.85. The molecule has 8 N–H and O–H groups in total. The average Bonchev–Trinajstić information content (AvgIpc) is 2.01. The number of aliphatic hydroxyl groups excluding tert-OH is 1. The Balaban J connectivity index is 2.96. The molecule has 7 nitrogen and oxygen atoms in total. The fraction of sp³-hybridized carbons (Fsp3) is 0.833. The summed E-state index contributed by atoms with van der Waals surface area (Å²) >= 11 is 0. The van der Waals surface area contributed by atoms with Crippen molar-refractivity contribution in [1.82, 2.24) is 16.0 Å². The molecule has 0 spiro atoms. The van der Waals surface area contributed by atoms with E-state index < -0.39 is 12.4 Å². The lowest BCUT2D eigenvalue weighted by atomic mass is 10.5. The van der Waals surface area contributed by atoms with E-state index in [2.05, 4.69) is 16.0 Å². The van der Waals surface area contributed by atoms with Crippen molar-refractivity contribution in [2.45, 2.75) is 6.35 Å². The zero-order chi connectivity index (χ0) is 10.1. The fourth-order valence-electron chi connectivity index (χ4n) is 0.708. The van der Waals surface area contributed by atoms with Crippen molar-refractivity contribution >= 4 is 6.03 Å². The van der Waals surface area contributed by atoms with Crippen molar-refractivity contribution in [3.8, 4) is 0 Å².